The Morgan fingerprint density at radius 3 is 2.53 bits per heavy atom. The number of hydrogen-bond acceptors (Lipinski definition) is 5. The van der Waals surface area contributed by atoms with E-state index < -0.39 is 0 Å². The smallest absolute Gasteiger partial charge is 0.226 e. The molecule has 8 heteroatoms. The normalized spacial score (nSPS) is 10.9. The van der Waals surface area contributed by atoms with Crippen molar-refractivity contribution in [3.8, 4) is 10.4 Å². The topological polar surface area (TPSA) is 58.1 Å². The number of fused-ring (bicyclic) bond motifs is 1. The van der Waals surface area contributed by atoms with E-state index in [1.165, 1.54) is 0 Å². The minimum atomic E-state index is -0.124. The lowest BCUT2D eigenvalue weighted by atomic mass is 10.2. The van der Waals surface area contributed by atoms with Crippen molar-refractivity contribution in [2.24, 2.45) is 0 Å². The summed E-state index contributed by atoms with van der Waals surface area (Å²) >= 11 is 13.6. The zero-order valence-electron chi connectivity index (χ0n) is 16.1. The van der Waals surface area contributed by atoms with E-state index >= 15 is 0 Å². The van der Waals surface area contributed by atoms with Gasteiger partial charge in [-0.05, 0) is 29.8 Å². The number of anilines is 2. The van der Waals surface area contributed by atoms with E-state index in [0.29, 0.717) is 28.7 Å². The molecule has 1 amide bonds. The first-order valence-electron chi connectivity index (χ1n) is 9.26. The number of nitrogens with zero attached hydrogens (tertiary/aromatic N) is 3. The van der Waals surface area contributed by atoms with E-state index in [0.717, 1.165) is 26.5 Å². The van der Waals surface area contributed by atoms with Gasteiger partial charge in [0, 0.05) is 40.6 Å². The third-order valence-corrected chi connectivity index (χ3v) is 6.08. The minimum Gasteiger partial charge on any atom is -0.359 e. The van der Waals surface area contributed by atoms with Crippen LogP contribution in [0.5, 0.6) is 0 Å². The zero-order chi connectivity index (χ0) is 21.1. The van der Waals surface area contributed by atoms with E-state index in [4.69, 9.17) is 23.2 Å². The van der Waals surface area contributed by atoms with Crippen LogP contribution in [0.25, 0.3) is 20.7 Å². The molecule has 0 aliphatic rings. The average molecular weight is 457 g/mol. The zero-order valence-corrected chi connectivity index (χ0v) is 18.4. The monoisotopic (exact) mass is 456 g/mol. The number of nitrogens with one attached hydrogen (secondary N) is 1. The Morgan fingerprint density at radius 2 is 1.80 bits per heavy atom. The molecule has 0 atom stereocenters. The van der Waals surface area contributed by atoms with Crippen LogP contribution in [0.3, 0.4) is 0 Å². The summed E-state index contributed by atoms with van der Waals surface area (Å²) in [5.74, 6) is 0.679. The van der Waals surface area contributed by atoms with Gasteiger partial charge in [0.15, 0.2) is 0 Å². The Balaban J connectivity index is 1.47. The molecule has 1 N–H and O–H groups in total. The fraction of sp³-hybridized carbons (Fsp3) is 0.136. The van der Waals surface area contributed by atoms with Crippen LogP contribution in [-0.2, 0) is 4.79 Å². The second kappa shape index (κ2) is 9.00. The van der Waals surface area contributed by atoms with E-state index in [1.807, 2.05) is 30.1 Å². The molecular formula is C22H18Cl2N4OS. The van der Waals surface area contributed by atoms with Gasteiger partial charge in [0.05, 0.1) is 5.39 Å². The van der Waals surface area contributed by atoms with Crippen molar-refractivity contribution >= 4 is 62.2 Å². The number of aromatic nitrogens is 2. The summed E-state index contributed by atoms with van der Waals surface area (Å²) < 4.78 is 0. The molecule has 30 heavy (non-hydrogen) atoms. The number of carbonyl (C=O) groups excluding carboxylic acids is 1. The van der Waals surface area contributed by atoms with Crippen LogP contribution in [-0.4, -0.2) is 29.5 Å². The molecule has 2 aromatic heterocycles. The quantitative estimate of drug-likeness (QED) is 0.379. The van der Waals surface area contributed by atoms with Gasteiger partial charge in [-0.2, -0.15) is 0 Å². The highest BCUT2D eigenvalue weighted by Crippen LogP contribution is 2.35. The van der Waals surface area contributed by atoms with E-state index in [1.54, 1.807) is 35.9 Å². The number of benzene rings is 2. The third kappa shape index (κ3) is 4.73. The molecule has 0 aliphatic heterocycles. The Morgan fingerprint density at radius 1 is 1.07 bits per heavy atom. The van der Waals surface area contributed by atoms with Crippen LogP contribution < -0.4 is 10.2 Å². The number of amides is 1. The predicted molar refractivity (Wildman–Crippen MR) is 126 cm³/mol. The highest BCUT2D eigenvalue weighted by atomic mass is 35.5. The number of rotatable bonds is 6. The summed E-state index contributed by atoms with van der Waals surface area (Å²) in [7, 11) is 1.92. The summed E-state index contributed by atoms with van der Waals surface area (Å²) in [5.41, 5.74) is 1.73. The maximum Gasteiger partial charge on any atom is 0.226 e. The summed E-state index contributed by atoms with van der Waals surface area (Å²) in [6, 6.07) is 17.3. The number of thiophene rings is 1. The highest BCUT2D eigenvalue weighted by molar-refractivity contribution is 7.21. The first kappa shape index (κ1) is 20.6. The SMILES string of the molecule is CN(CCC(=O)Nc1cc(Cl)cc(Cl)c1)c1ncnc2sc(-c3ccccc3)cc12. The summed E-state index contributed by atoms with van der Waals surface area (Å²) in [4.78, 5) is 25.3. The molecular weight excluding hydrogens is 439 g/mol. The molecule has 0 saturated carbocycles. The lowest BCUT2D eigenvalue weighted by Crippen LogP contribution is -2.24. The van der Waals surface area contributed by atoms with Crippen molar-refractivity contribution in [3.63, 3.8) is 0 Å². The molecule has 0 saturated heterocycles. The van der Waals surface area contributed by atoms with Crippen molar-refractivity contribution < 1.29 is 4.79 Å². The molecule has 152 valence electrons. The fourth-order valence-electron chi connectivity index (χ4n) is 3.12. The van der Waals surface area contributed by atoms with Gasteiger partial charge in [0.1, 0.15) is 17.0 Å². The van der Waals surface area contributed by atoms with Crippen LogP contribution >= 0.6 is 34.5 Å². The Hall–Kier alpha value is -2.67. The van der Waals surface area contributed by atoms with Crippen molar-refractivity contribution in [1.82, 2.24) is 9.97 Å². The van der Waals surface area contributed by atoms with Gasteiger partial charge in [-0.15, -0.1) is 11.3 Å². The summed E-state index contributed by atoms with van der Waals surface area (Å²) in [6.07, 6.45) is 1.86. The van der Waals surface area contributed by atoms with Crippen LogP contribution in [0, 0.1) is 0 Å². The van der Waals surface area contributed by atoms with Crippen molar-refractivity contribution in [1.29, 1.82) is 0 Å². The van der Waals surface area contributed by atoms with Crippen molar-refractivity contribution in [2.75, 3.05) is 23.8 Å². The van der Waals surface area contributed by atoms with Crippen molar-refractivity contribution in [3.05, 3.63) is 71.0 Å². The molecule has 0 spiro atoms. The molecule has 5 nitrogen and oxygen atoms in total. The second-order valence-corrected chi connectivity index (χ2v) is 8.67. The molecule has 0 bridgehead atoms. The van der Waals surface area contributed by atoms with Gasteiger partial charge in [-0.3, -0.25) is 4.79 Å². The lowest BCUT2D eigenvalue weighted by Gasteiger charge is -2.18. The minimum absolute atomic E-state index is 0.124. The molecule has 4 aromatic rings. The van der Waals surface area contributed by atoms with E-state index in [2.05, 4.69) is 33.5 Å². The van der Waals surface area contributed by atoms with Gasteiger partial charge in [-0.1, -0.05) is 53.5 Å². The van der Waals surface area contributed by atoms with Gasteiger partial charge < -0.3 is 10.2 Å². The Labute approximate surface area is 188 Å². The van der Waals surface area contributed by atoms with Gasteiger partial charge in [0.25, 0.3) is 0 Å². The van der Waals surface area contributed by atoms with E-state index in [9.17, 15) is 4.79 Å². The number of halogens is 2. The number of hydrogen-bond donors (Lipinski definition) is 1. The predicted octanol–water partition coefficient (Wildman–Crippen LogP) is 6.13. The van der Waals surface area contributed by atoms with Gasteiger partial charge >= 0.3 is 0 Å². The lowest BCUT2D eigenvalue weighted by molar-refractivity contribution is -0.116. The summed E-state index contributed by atoms with van der Waals surface area (Å²) in [6.45, 7) is 0.503. The van der Waals surface area contributed by atoms with Crippen LogP contribution in [0.15, 0.2) is 60.9 Å². The standard InChI is InChI=1S/C22H18Cl2N4OS/c1-28(8-7-20(29)27-17-10-15(23)9-16(24)11-17)21-18-12-19(14-5-3-2-4-6-14)30-22(18)26-13-25-21/h2-6,9-13H,7-8H2,1H3,(H,27,29). The Kier molecular flexibility index (Phi) is 6.18. The third-order valence-electron chi connectivity index (χ3n) is 4.55. The van der Waals surface area contributed by atoms with Crippen LogP contribution in [0.1, 0.15) is 6.42 Å². The van der Waals surface area contributed by atoms with Crippen molar-refractivity contribution in [2.45, 2.75) is 6.42 Å². The fourth-order valence-corrected chi connectivity index (χ4v) is 4.64. The maximum atomic E-state index is 12.4. The summed E-state index contributed by atoms with van der Waals surface area (Å²) in [5, 5.41) is 4.76. The average Bonchev–Trinajstić information content (AvgIpc) is 3.16. The highest BCUT2D eigenvalue weighted by Gasteiger charge is 2.14. The first-order valence-corrected chi connectivity index (χ1v) is 10.8. The molecule has 0 radical (unpaired) electrons. The molecule has 4 rings (SSSR count). The maximum absolute atomic E-state index is 12.4. The first-order chi connectivity index (χ1) is 14.5. The molecule has 2 aromatic carbocycles. The molecule has 2 heterocycles. The van der Waals surface area contributed by atoms with Gasteiger partial charge in [-0.25, -0.2) is 9.97 Å². The largest absolute Gasteiger partial charge is 0.359 e. The van der Waals surface area contributed by atoms with E-state index in [-0.39, 0.29) is 5.91 Å². The second-order valence-electron chi connectivity index (χ2n) is 6.77. The molecule has 0 fully saturated rings. The molecule has 0 unspecified atom stereocenters. The Bertz CT molecular complexity index is 1180. The van der Waals surface area contributed by atoms with Crippen LogP contribution in [0.4, 0.5) is 11.5 Å². The number of carbonyl (C=O) groups is 1. The molecule has 0 aliphatic carbocycles. The van der Waals surface area contributed by atoms with Gasteiger partial charge in [0.2, 0.25) is 5.91 Å². The van der Waals surface area contributed by atoms with Crippen LogP contribution in [0.2, 0.25) is 10.0 Å².